The van der Waals surface area contributed by atoms with E-state index in [4.69, 9.17) is 14.2 Å². The monoisotopic (exact) mass is 432 g/mol. The summed E-state index contributed by atoms with van der Waals surface area (Å²) in [6.45, 7) is 1.18. The van der Waals surface area contributed by atoms with Crippen molar-refractivity contribution in [1.29, 1.82) is 5.26 Å². The number of carboxylic acid groups (broad SMARTS) is 1. The summed E-state index contributed by atoms with van der Waals surface area (Å²) in [6.07, 6.45) is 2.35. The summed E-state index contributed by atoms with van der Waals surface area (Å²) in [5, 5.41) is 21.8. The normalized spacial score (nSPS) is 15.1. The molecule has 1 aliphatic heterocycles. The maximum absolute atomic E-state index is 11.3. The third-order valence-electron chi connectivity index (χ3n) is 4.92. The van der Waals surface area contributed by atoms with E-state index >= 15 is 0 Å². The average molecular weight is 432 g/mol. The number of benzene rings is 2. The van der Waals surface area contributed by atoms with Gasteiger partial charge in [0.2, 0.25) is 5.95 Å². The highest BCUT2D eigenvalue weighted by atomic mass is 16.5. The minimum Gasteiger partial charge on any atom is -0.496 e. The predicted molar refractivity (Wildman–Crippen MR) is 115 cm³/mol. The van der Waals surface area contributed by atoms with Gasteiger partial charge in [0.25, 0.3) is 0 Å². The second-order valence-electron chi connectivity index (χ2n) is 7.04. The minimum atomic E-state index is -1.08. The van der Waals surface area contributed by atoms with E-state index in [1.165, 1.54) is 13.2 Å². The lowest BCUT2D eigenvalue weighted by Crippen LogP contribution is -2.16. The van der Waals surface area contributed by atoms with Crippen LogP contribution in [0.1, 0.15) is 22.3 Å². The molecule has 0 bridgehead atoms. The number of aromatic carboxylic acids is 1. The number of nitriles is 1. The van der Waals surface area contributed by atoms with Crippen molar-refractivity contribution in [2.75, 3.05) is 25.6 Å². The Morgan fingerprint density at radius 1 is 1.25 bits per heavy atom. The second-order valence-corrected chi connectivity index (χ2v) is 7.04. The van der Waals surface area contributed by atoms with Gasteiger partial charge in [0.15, 0.2) is 0 Å². The molecule has 9 heteroatoms. The van der Waals surface area contributed by atoms with Crippen LogP contribution in [0.2, 0.25) is 0 Å². The van der Waals surface area contributed by atoms with Crippen LogP contribution < -0.4 is 14.8 Å². The fourth-order valence-electron chi connectivity index (χ4n) is 3.32. The Morgan fingerprint density at radius 3 is 2.84 bits per heavy atom. The fourth-order valence-corrected chi connectivity index (χ4v) is 3.32. The first-order chi connectivity index (χ1) is 15.6. The van der Waals surface area contributed by atoms with Crippen LogP contribution in [-0.4, -0.2) is 47.5 Å². The molecular formula is C23H20N4O5. The molecule has 2 aromatic carbocycles. The van der Waals surface area contributed by atoms with Gasteiger partial charge in [-0.15, -0.1) is 0 Å². The summed E-state index contributed by atoms with van der Waals surface area (Å²) in [7, 11) is 1.41. The van der Waals surface area contributed by atoms with Gasteiger partial charge in [-0.3, -0.25) is 0 Å². The third kappa shape index (κ3) is 4.61. The van der Waals surface area contributed by atoms with Crippen molar-refractivity contribution in [3.05, 3.63) is 59.8 Å². The Labute approximate surface area is 184 Å². The van der Waals surface area contributed by atoms with Crippen LogP contribution in [0.4, 0.5) is 11.6 Å². The molecule has 1 aliphatic rings. The molecule has 1 atom stereocenters. The molecule has 0 aliphatic carbocycles. The maximum atomic E-state index is 11.3. The van der Waals surface area contributed by atoms with Gasteiger partial charge in [-0.1, -0.05) is 0 Å². The third-order valence-corrected chi connectivity index (χ3v) is 4.92. The number of hydrogen-bond acceptors (Lipinski definition) is 8. The van der Waals surface area contributed by atoms with Gasteiger partial charge in [0.1, 0.15) is 29.2 Å². The molecule has 0 radical (unpaired) electrons. The fraction of sp³-hybridized carbons (Fsp3) is 0.217. The van der Waals surface area contributed by atoms with Crippen molar-refractivity contribution in [3.63, 3.8) is 0 Å². The molecule has 32 heavy (non-hydrogen) atoms. The number of carboxylic acids is 1. The van der Waals surface area contributed by atoms with Gasteiger partial charge in [-0.05, 0) is 36.4 Å². The largest absolute Gasteiger partial charge is 0.496 e. The zero-order chi connectivity index (χ0) is 22.5. The zero-order valence-electron chi connectivity index (χ0n) is 17.2. The van der Waals surface area contributed by atoms with Gasteiger partial charge in [0, 0.05) is 29.9 Å². The number of hydrogen-bond donors (Lipinski definition) is 2. The van der Waals surface area contributed by atoms with Crippen LogP contribution >= 0.6 is 0 Å². The summed E-state index contributed by atoms with van der Waals surface area (Å²) in [5.74, 6) is -0.0206. The molecule has 1 saturated heterocycles. The number of aromatic nitrogens is 2. The summed E-state index contributed by atoms with van der Waals surface area (Å²) in [6, 6.07) is 13.8. The Balaban J connectivity index is 1.56. The number of ether oxygens (including phenoxy) is 3. The van der Waals surface area contributed by atoms with E-state index in [2.05, 4.69) is 21.4 Å². The maximum Gasteiger partial charge on any atom is 0.339 e. The summed E-state index contributed by atoms with van der Waals surface area (Å²) in [5.41, 5.74) is 2.40. The SMILES string of the molecule is COc1cc(Nc2nccc(-c3ccc(OC4CCOC4)c(C#N)c3)n2)ccc1C(=O)O. The summed E-state index contributed by atoms with van der Waals surface area (Å²) in [4.78, 5) is 20.0. The van der Waals surface area contributed by atoms with Gasteiger partial charge in [-0.25, -0.2) is 14.8 Å². The smallest absolute Gasteiger partial charge is 0.339 e. The molecule has 3 aromatic rings. The van der Waals surface area contributed by atoms with Gasteiger partial charge in [-0.2, -0.15) is 5.26 Å². The Kier molecular flexibility index (Phi) is 6.14. The molecule has 2 heterocycles. The van der Waals surface area contributed by atoms with Crippen molar-refractivity contribution >= 4 is 17.6 Å². The van der Waals surface area contributed by atoms with Gasteiger partial charge >= 0.3 is 5.97 Å². The van der Waals surface area contributed by atoms with E-state index in [0.29, 0.717) is 41.9 Å². The van der Waals surface area contributed by atoms with Gasteiger partial charge < -0.3 is 24.6 Å². The molecule has 162 valence electrons. The lowest BCUT2D eigenvalue weighted by atomic mass is 10.1. The van der Waals surface area contributed by atoms with Crippen molar-refractivity contribution in [1.82, 2.24) is 9.97 Å². The number of nitrogens with zero attached hydrogens (tertiary/aromatic N) is 3. The van der Waals surface area contributed by atoms with Crippen LogP contribution in [0.25, 0.3) is 11.3 Å². The molecule has 1 fully saturated rings. The highest BCUT2D eigenvalue weighted by Gasteiger charge is 2.19. The van der Waals surface area contributed by atoms with Crippen molar-refractivity contribution < 1.29 is 24.1 Å². The van der Waals surface area contributed by atoms with Crippen LogP contribution in [0, 0.1) is 11.3 Å². The van der Waals surface area contributed by atoms with Gasteiger partial charge in [0.05, 0.1) is 31.6 Å². The average Bonchev–Trinajstić information content (AvgIpc) is 3.32. The standard InChI is InChI=1S/C23H20N4O5/c1-30-21-11-16(3-4-18(21)22(28)29)26-23-25-8-6-19(27-23)14-2-5-20(15(10-14)12-24)32-17-7-9-31-13-17/h2-6,8,10-11,17H,7,9,13H2,1H3,(H,28,29)(H,25,26,27). The quantitative estimate of drug-likeness (QED) is 0.575. The molecule has 9 nitrogen and oxygen atoms in total. The van der Waals surface area contributed by atoms with E-state index in [1.54, 1.807) is 36.5 Å². The van der Waals surface area contributed by atoms with Crippen LogP contribution in [0.3, 0.4) is 0 Å². The van der Waals surface area contributed by atoms with E-state index < -0.39 is 5.97 Å². The van der Waals surface area contributed by atoms with Crippen LogP contribution in [-0.2, 0) is 4.74 Å². The molecule has 1 unspecified atom stereocenters. The summed E-state index contributed by atoms with van der Waals surface area (Å²) < 4.78 is 16.4. The molecule has 0 saturated carbocycles. The number of anilines is 2. The van der Waals surface area contributed by atoms with E-state index in [1.807, 2.05) is 6.07 Å². The van der Waals surface area contributed by atoms with Crippen molar-refractivity contribution in [3.8, 4) is 28.8 Å². The highest BCUT2D eigenvalue weighted by molar-refractivity contribution is 5.91. The lowest BCUT2D eigenvalue weighted by Gasteiger charge is -2.14. The molecule has 0 spiro atoms. The number of carbonyl (C=O) groups is 1. The second kappa shape index (κ2) is 9.32. The van der Waals surface area contributed by atoms with Crippen LogP contribution in [0.5, 0.6) is 11.5 Å². The first kappa shape index (κ1) is 21.1. The molecule has 4 rings (SSSR count). The van der Waals surface area contributed by atoms with E-state index in [-0.39, 0.29) is 17.4 Å². The summed E-state index contributed by atoms with van der Waals surface area (Å²) >= 11 is 0. The number of methoxy groups -OCH3 is 1. The first-order valence-corrected chi connectivity index (χ1v) is 9.87. The highest BCUT2D eigenvalue weighted by Crippen LogP contribution is 2.29. The first-order valence-electron chi connectivity index (χ1n) is 9.87. The van der Waals surface area contributed by atoms with E-state index in [9.17, 15) is 15.2 Å². The Hall–Kier alpha value is -4.16. The number of nitrogens with one attached hydrogen (secondary N) is 1. The molecule has 2 N–H and O–H groups in total. The van der Waals surface area contributed by atoms with E-state index in [0.717, 1.165) is 12.0 Å². The van der Waals surface area contributed by atoms with Crippen molar-refractivity contribution in [2.24, 2.45) is 0 Å². The molecule has 1 aromatic heterocycles. The van der Waals surface area contributed by atoms with Crippen molar-refractivity contribution in [2.45, 2.75) is 12.5 Å². The topological polar surface area (TPSA) is 127 Å². The lowest BCUT2D eigenvalue weighted by molar-refractivity contribution is 0.0693. The Morgan fingerprint density at radius 2 is 2.12 bits per heavy atom. The van der Waals surface area contributed by atoms with Crippen LogP contribution in [0.15, 0.2) is 48.7 Å². The number of rotatable bonds is 7. The Bertz CT molecular complexity index is 1190. The molecule has 0 amide bonds. The minimum absolute atomic E-state index is 0.0488. The molecular weight excluding hydrogens is 412 g/mol. The predicted octanol–water partition coefficient (Wildman–Crippen LogP) is 3.63. The zero-order valence-corrected chi connectivity index (χ0v) is 17.2.